The maximum atomic E-state index is 14.0. The zero-order valence-corrected chi connectivity index (χ0v) is 24.6. The van der Waals surface area contributed by atoms with Crippen LogP contribution in [0.2, 0.25) is 5.02 Å². The molecule has 5 nitrogen and oxygen atoms in total. The van der Waals surface area contributed by atoms with Crippen molar-refractivity contribution in [1.82, 2.24) is 14.7 Å². The number of carbonyl (C=O) groups is 2. The van der Waals surface area contributed by atoms with Gasteiger partial charge in [0.25, 0.3) is 0 Å². The minimum atomic E-state index is -4.18. The van der Waals surface area contributed by atoms with Crippen molar-refractivity contribution in [1.29, 1.82) is 0 Å². The lowest BCUT2D eigenvalue weighted by Gasteiger charge is -2.41. The molecule has 2 amide bonds. The fraction of sp³-hybridized carbons (Fsp3) is 0.733. The predicted octanol–water partition coefficient (Wildman–Crippen LogP) is 6.36. The first kappa shape index (κ1) is 30.2. The molecule has 2 heterocycles. The molecule has 4 rings (SSSR count). The van der Waals surface area contributed by atoms with E-state index in [2.05, 4.69) is 25.7 Å². The van der Waals surface area contributed by atoms with E-state index in [1.807, 2.05) is 47.9 Å². The first-order chi connectivity index (χ1) is 18.2. The maximum Gasteiger partial charge on any atom is 0.391 e. The van der Waals surface area contributed by atoms with E-state index in [9.17, 15) is 22.8 Å². The Morgan fingerprint density at radius 3 is 2.08 bits per heavy atom. The number of amides is 2. The number of alkyl halides is 3. The van der Waals surface area contributed by atoms with Crippen molar-refractivity contribution in [3.63, 3.8) is 0 Å². The van der Waals surface area contributed by atoms with E-state index in [-0.39, 0.29) is 60.0 Å². The third-order valence-corrected chi connectivity index (χ3v) is 9.31. The molecule has 2 aliphatic heterocycles. The van der Waals surface area contributed by atoms with E-state index in [0.29, 0.717) is 43.9 Å². The van der Waals surface area contributed by atoms with Crippen LogP contribution in [0.3, 0.4) is 0 Å². The molecule has 218 valence electrons. The van der Waals surface area contributed by atoms with Crippen molar-refractivity contribution in [2.24, 2.45) is 17.8 Å². The number of rotatable bonds is 5. The average molecular weight is 570 g/mol. The fourth-order valence-electron chi connectivity index (χ4n) is 6.69. The highest BCUT2D eigenvalue weighted by Gasteiger charge is 2.47. The lowest BCUT2D eigenvalue weighted by Crippen LogP contribution is -2.52. The quantitative estimate of drug-likeness (QED) is 0.414. The minimum Gasteiger partial charge on any atom is -0.340 e. The Labute approximate surface area is 236 Å². The molecule has 1 aromatic carbocycles. The molecule has 0 aromatic heterocycles. The van der Waals surface area contributed by atoms with Crippen LogP contribution in [0.4, 0.5) is 13.2 Å². The first-order valence-electron chi connectivity index (χ1n) is 14.3. The summed E-state index contributed by atoms with van der Waals surface area (Å²) in [6.07, 6.45) is -2.70. The zero-order valence-electron chi connectivity index (χ0n) is 23.8. The Bertz CT molecular complexity index is 1020. The van der Waals surface area contributed by atoms with E-state index in [4.69, 9.17) is 11.6 Å². The Kier molecular flexibility index (Phi) is 8.97. The highest BCUT2D eigenvalue weighted by molar-refractivity contribution is 6.30. The Balaban J connectivity index is 1.50. The highest BCUT2D eigenvalue weighted by atomic mass is 35.5. The van der Waals surface area contributed by atoms with E-state index >= 15 is 0 Å². The van der Waals surface area contributed by atoms with Crippen LogP contribution in [0.1, 0.15) is 78.2 Å². The summed E-state index contributed by atoms with van der Waals surface area (Å²) in [5.74, 6) is -1.63. The van der Waals surface area contributed by atoms with Gasteiger partial charge in [0.1, 0.15) is 0 Å². The summed E-state index contributed by atoms with van der Waals surface area (Å²) >= 11 is 6.14. The van der Waals surface area contributed by atoms with Crippen molar-refractivity contribution >= 4 is 23.4 Å². The van der Waals surface area contributed by atoms with Crippen molar-refractivity contribution in [2.75, 3.05) is 26.2 Å². The van der Waals surface area contributed by atoms with Crippen LogP contribution in [0.25, 0.3) is 0 Å². The van der Waals surface area contributed by atoms with Crippen LogP contribution in [-0.2, 0) is 9.59 Å². The topological polar surface area (TPSA) is 43.9 Å². The van der Waals surface area contributed by atoms with Gasteiger partial charge in [-0.05, 0) is 70.6 Å². The van der Waals surface area contributed by atoms with Crippen LogP contribution in [0, 0.1) is 17.8 Å². The summed E-state index contributed by atoms with van der Waals surface area (Å²) in [6, 6.07) is 7.38. The molecular formula is C30H43ClF3N3O2. The van der Waals surface area contributed by atoms with E-state index < -0.39 is 12.1 Å². The second kappa shape index (κ2) is 11.6. The summed E-state index contributed by atoms with van der Waals surface area (Å²) < 4.78 is 39.9. The SMILES string of the molecule is CC(C)C(=O)N(C1CCC(C(F)(F)F)CC1)C1CCN(C(=O)[C@H]2CN(C(C)(C)C)C[C@H]2c2ccc(Cl)cc2)C1. The fourth-order valence-corrected chi connectivity index (χ4v) is 6.82. The van der Waals surface area contributed by atoms with Gasteiger partial charge in [-0.1, -0.05) is 37.6 Å². The normalized spacial score (nSPS) is 28.8. The number of halogens is 4. The van der Waals surface area contributed by atoms with Crippen molar-refractivity contribution in [3.05, 3.63) is 34.9 Å². The van der Waals surface area contributed by atoms with Gasteiger partial charge in [-0.3, -0.25) is 14.5 Å². The van der Waals surface area contributed by atoms with Gasteiger partial charge in [0, 0.05) is 54.6 Å². The van der Waals surface area contributed by atoms with Crippen molar-refractivity contribution in [3.8, 4) is 0 Å². The molecule has 39 heavy (non-hydrogen) atoms. The van der Waals surface area contributed by atoms with E-state index in [1.165, 1.54) is 0 Å². The molecule has 0 bridgehead atoms. The Morgan fingerprint density at radius 1 is 0.923 bits per heavy atom. The van der Waals surface area contributed by atoms with Gasteiger partial charge in [-0.15, -0.1) is 0 Å². The lowest BCUT2D eigenvalue weighted by molar-refractivity contribution is -0.185. The molecule has 1 aliphatic carbocycles. The minimum absolute atomic E-state index is 0.0245. The van der Waals surface area contributed by atoms with E-state index in [1.54, 1.807) is 0 Å². The molecule has 0 N–H and O–H groups in total. The van der Waals surface area contributed by atoms with Crippen LogP contribution in [0.5, 0.6) is 0 Å². The molecule has 1 aromatic rings. The molecule has 2 saturated heterocycles. The van der Waals surface area contributed by atoms with Gasteiger partial charge in [-0.25, -0.2) is 0 Å². The summed E-state index contributed by atoms with van der Waals surface area (Å²) in [5, 5.41) is 0.661. The second-order valence-corrected chi connectivity index (χ2v) is 13.5. The van der Waals surface area contributed by atoms with Crippen molar-refractivity contribution in [2.45, 2.75) is 96.4 Å². The number of hydrogen-bond acceptors (Lipinski definition) is 3. The number of nitrogens with zero attached hydrogens (tertiary/aromatic N) is 3. The summed E-state index contributed by atoms with van der Waals surface area (Å²) in [4.78, 5) is 33.5. The third kappa shape index (κ3) is 6.75. The molecular weight excluding hydrogens is 527 g/mol. The molecule has 3 aliphatic rings. The van der Waals surface area contributed by atoms with Gasteiger partial charge in [0.05, 0.1) is 17.9 Å². The van der Waals surface area contributed by atoms with Gasteiger partial charge < -0.3 is 9.80 Å². The lowest BCUT2D eigenvalue weighted by atomic mass is 9.84. The van der Waals surface area contributed by atoms with Gasteiger partial charge >= 0.3 is 6.18 Å². The second-order valence-electron chi connectivity index (χ2n) is 13.0. The molecule has 3 fully saturated rings. The summed E-state index contributed by atoms with van der Waals surface area (Å²) in [7, 11) is 0. The monoisotopic (exact) mass is 569 g/mol. The molecule has 9 heteroatoms. The molecule has 0 spiro atoms. The van der Waals surface area contributed by atoms with Crippen molar-refractivity contribution < 1.29 is 22.8 Å². The van der Waals surface area contributed by atoms with Crippen LogP contribution in [0.15, 0.2) is 24.3 Å². The maximum absolute atomic E-state index is 14.0. The molecule has 3 atom stereocenters. The summed E-state index contributed by atoms with van der Waals surface area (Å²) in [5.41, 5.74) is 1.02. The van der Waals surface area contributed by atoms with Crippen LogP contribution >= 0.6 is 11.6 Å². The number of hydrogen-bond donors (Lipinski definition) is 0. The largest absolute Gasteiger partial charge is 0.391 e. The number of carbonyl (C=O) groups excluding carboxylic acids is 2. The number of likely N-dealkylation sites (tertiary alicyclic amines) is 2. The van der Waals surface area contributed by atoms with Gasteiger partial charge in [0.15, 0.2) is 0 Å². The molecule has 1 saturated carbocycles. The Hall–Kier alpha value is -1.80. The number of benzene rings is 1. The van der Waals surface area contributed by atoms with Crippen LogP contribution in [-0.4, -0.2) is 76.5 Å². The predicted molar refractivity (Wildman–Crippen MR) is 147 cm³/mol. The molecule has 1 unspecified atom stereocenters. The standard InChI is InChI=1S/C30H43ClF3N3O2/c1-19(2)27(38)37(23-12-8-21(9-13-23)30(32,33)34)24-14-15-35(16-24)28(39)26-18-36(29(3,4)5)17-25(26)20-6-10-22(31)11-7-20/h6-7,10-11,19,21,23-26H,8-9,12-18H2,1-5H3/t21?,23?,24?,25-,26-/m0/s1. The zero-order chi connectivity index (χ0) is 28.7. The highest BCUT2D eigenvalue weighted by Crippen LogP contribution is 2.41. The van der Waals surface area contributed by atoms with Gasteiger partial charge in [-0.2, -0.15) is 13.2 Å². The first-order valence-corrected chi connectivity index (χ1v) is 14.7. The van der Waals surface area contributed by atoms with Crippen LogP contribution < -0.4 is 0 Å². The smallest absolute Gasteiger partial charge is 0.340 e. The third-order valence-electron chi connectivity index (χ3n) is 9.05. The summed E-state index contributed by atoms with van der Waals surface area (Å²) in [6.45, 7) is 12.6. The van der Waals surface area contributed by atoms with Gasteiger partial charge in [0.2, 0.25) is 11.8 Å². The Morgan fingerprint density at radius 2 is 1.54 bits per heavy atom. The van der Waals surface area contributed by atoms with E-state index in [0.717, 1.165) is 12.1 Å². The average Bonchev–Trinajstić information content (AvgIpc) is 3.52. The molecule has 0 radical (unpaired) electrons.